The predicted octanol–water partition coefficient (Wildman–Crippen LogP) is 4.18. The Morgan fingerprint density at radius 3 is 2.08 bits per heavy atom. The Bertz CT molecular complexity index is 935. The summed E-state index contributed by atoms with van der Waals surface area (Å²) in [6, 6.07) is 20.3. The first-order valence-corrected chi connectivity index (χ1v) is 9.31. The second-order valence-corrected chi connectivity index (χ2v) is 7.79. The Labute approximate surface area is 148 Å². The van der Waals surface area contributed by atoms with Crippen LogP contribution >= 0.6 is 0 Å². The standard InChI is InChI=1S/C20H19NO3S/c1-20(2,16-7-4-3-5-8-16)17-10-12-18(13-11-17)24-25(22,23)19-9-6-14-21-15-19/h3-15H,1-2H3. The van der Waals surface area contributed by atoms with Crippen LogP contribution in [-0.2, 0) is 15.5 Å². The normalized spacial score (nSPS) is 11.9. The molecule has 128 valence electrons. The van der Waals surface area contributed by atoms with Crippen LogP contribution in [0.3, 0.4) is 0 Å². The molecule has 1 aromatic heterocycles. The molecular weight excluding hydrogens is 334 g/mol. The van der Waals surface area contributed by atoms with E-state index in [9.17, 15) is 8.42 Å². The summed E-state index contributed by atoms with van der Waals surface area (Å²) in [5, 5.41) is 0. The zero-order valence-corrected chi connectivity index (χ0v) is 14.9. The molecule has 0 spiro atoms. The lowest BCUT2D eigenvalue weighted by Gasteiger charge is -2.26. The van der Waals surface area contributed by atoms with Crippen LogP contribution in [0.5, 0.6) is 5.75 Å². The fourth-order valence-corrected chi connectivity index (χ4v) is 3.51. The molecule has 0 fully saturated rings. The predicted molar refractivity (Wildman–Crippen MR) is 97.1 cm³/mol. The summed E-state index contributed by atoms with van der Waals surface area (Å²) in [5.74, 6) is 0.275. The van der Waals surface area contributed by atoms with Crippen molar-refractivity contribution in [3.63, 3.8) is 0 Å². The van der Waals surface area contributed by atoms with Crippen LogP contribution in [0.25, 0.3) is 0 Å². The third-order valence-electron chi connectivity index (χ3n) is 4.20. The van der Waals surface area contributed by atoms with Crippen molar-refractivity contribution in [2.45, 2.75) is 24.2 Å². The van der Waals surface area contributed by atoms with E-state index in [1.54, 1.807) is 18.2 Å². The molecule has 0 saturated heterocycles. The Hall–Kier alpha value is -2.66. The highest BCUT2D eigenvalue weighted by Gasteiger charge is 2.23. The molecule has 0 saturated carbocycles. The lowest BCUT2D eigenvalue weighted by Crippen LogP contribution is -2.18. The molecule has 25 heavy (non-hydrogen) atoms. The van der Waals surface area contributed by atoms with Gasteiger partial charge in [0, 0.05) is 17.8 Å². The van der Waals surface area contributed by atoms with Gasteiger partial charge in [-0.25, -0.2) is 0 Å². The van der Waals surface area contributed by atoms with Crippen molar-refractivity contribution in [1.82, 2.24) is 4.98 Å². The summed E-state index contributed by atoms with van der Waals surface area (Å²) < 4.78 is 29.7. The maximum atomic E-state index is 12.2. The van der Waals surface area contributed by atoms with Gasteiger partial charge in [0.25, 0.3) is 0 Å². The zero-order valence-electron chi connectivity index (χ0n) is 14.1. The van der Waals surface area contributed by atoms with Crippen molar-refractivity contribution in [2.24, 2.45) is 0 Å². The lowest BCUT2D eigenvalue weighted by molar-refractivity contribution is 0.485. The molecule has 0 unspecified atom stereocenters. The minimum atomic E-state index is -3.88. The summed E-state index contributed by atoms with van der Waals surface area (Å²) in [5.41, 5.74) is 2.07. The SMILES string of the molecule is CC(C)(c1ccccc1)c1ccc(OS(=O)(=O)c2cccnc2)cc1. The topological polar surface area (TPSA) is 56.3 Å². The van der Waals surface area contributed by atoms with E-state index in [1.165, 1.54) is 24.0 Å². The monoisotopic (exact) mass is 353 g/mol. The van der Waals surface area contributed by atoms with Crippen LogP contribution in [0.2, 0.25) is 0 Å². The van der Waals surface area contributed by atoms with Gasteiger partial charge in [-0.3, -0.25) is 4.98 Å². The summed E-state index contributed by atoms with van der Waals surface area (Å²) >= 11 is 0. The molecule has 0 aliphatic carbocycles. The van der Waals surface area contributed by atoms with E-state index in [0.29, 0.717) is 0 Å². The Kier molecular flexibility index (Phi) is 4.59. The van der Waals surface area contributed by atoms with Gasteiger partial charge < -0.3 is 4.18 Å². The molecule has 2 aromatic carbocycles. The number of benzene rings is 2. The van der Waals surface area contributed by atoms with Crippen LogP contribution in [0, 0.1) is 0 Å². The maximum Gasteiger partial charge on any atom is 0.340 e. The molecule has 4 nitrogen and oxygen atoms in total. The average Bonchev–Trinajstić information content (AvgIpc) is 2.63. The van der Waals surface area contributed by atoms with E-state index in [2.05, 4.69) is 31.0 Å². The van der Waals surface area contributed by atoms with Gasteiger partial charge in [0.15, 0.2) is 0 Å². The molecule has 5 heteroatoms. The fourth-order valence-electron chi connectivity index (χ4n) is 2.62. The second kappa shape index (κ2) is 6.69. The second-order valence-electron chi connectivity index (χ2n) is 6.24. The first-order chi connectivity index (χ1) is 11.9. The molecule has 3 rings (SSSR count). The van der Waals surface area contributed by atoms with Gasteiger partial charge in [0.2, 0.25) is 0 Å². The quantitative estimate of drug-likeness (QED) is 0.646. The summed E-state index contributed by atoms with van der Waals surface area (Å²) in [4.78, 5) is 3.84. The molecule has 0 atom stereocenters. The molecule has 0 amide bonds. The number of hydrogen-bond donors (Lipinski definition) is 0. The number of nitrogens with zero attached hydrogens (tertiary/aromatic N) is 1. The van der Waals surface area contributed by atoms with Crippen molar-refractivity contribution < 1.29 is 12.6 Å². The number of aromatic nitrogens is 1. The maximum absolute atomic E-state index is 12.2. The highest BCUT2D eigenvalue weighted by Crippen LogP contribution is 2.32. The van der Waals surface area contributed by atoms with Crippen molar-refractivity contribution in [3.05, 3.63) is 90.3 Å². The van der Waals surface area contributed by atoms with E-state index >= 15 is 0 Å². The van der Waals surface area contributed by atoms with E-state index in [1.807, 2.05) is 30.3 Å². The van der Waals surface area contributed by atoms with Crippen molar-refractivity contribution in [2.75, 3.05) is 0 Å². The van der Waals surface area contributed by atoms with Gasteiger partial charge in [0.05, 0.1) is 0 Å². The van der Waals surface area contributed by atoms with E-state index in [-0.39, 0.29) is 16.1 Å². The van der Waals surface area contributed by atoms with Gasteiger partial charge in [-0.05, 0) is 35.4 Å². The smallest absolute Gasteiger partial charge is 0.340 e. The summed E-state index contributed by atoms with van der Waals surface area (Å²) in [6.07, 6.45) is 2.78. The van der Waals surface area contributed by atoms with Crippen LogP contribution < -0.4 is 4.18 Å². The van der Waals surface area contributed by atoms with E-state index in [4.69, 9.17) is 4.18 Å². The minimum Gasteiger partial charge on any atom is -0.379 e. The molecule has 0 aliphatic rings. The van der Waals surface area contributed by atoms with Crippen molar-refractivity contribution >= 4 is 10.1 Å². The Balaban J connectivity index is 1.84. The van der Waals surface area contributed by atoms with Gasteiger partial charge in [-0.2, -0.15) is 8.42 Å². The molecule has 3 aromatic rings. The summed E-state index contributed by atoms with van der Waals surface area (Å²) in [7, 11) is -3.88. The van der Waals surface area contributed by atoms with Crippen LogP contribution in [0.1, 0.15) is 25.0 Å². The molecular formula is C20H19NO3S. The Morgan fingerprint density at radius 2 is 1.48 bits per heavy atom. The van der Waals surface area contributed by atoms with Crippen molar-refractivity contribution in [3.8, 4) is 5.75 Å². The average molecular weight is 353 g/mol. The molecule has 1 heterocycles. The van der Waals surface area contributed by atoms with E-state index < -0.39 is 10.1 Å². The third-order valence-corrected chi connectivity index (χ3v) is 5.43. The van der Waals surface area contributed by atoms with Crippen molar-refractivity contribution in [1.29, 1.82) is 0 Å². The molecule has 0 radical (unpaired) electrons. The van der Waals surface area contributed by atoms with Crippen LogP contribution in [0.4, 0.5) is 0 Å². The minimum absolute atomic E-state index is 0.0312. The van der Waals surface area contributed by atoms with E-state index in [0.717, 1.165) is 5.56 Å². The van der Waals surface area contributed by atoms with Crippen LogP contribution in [-0.4, -0.2) is 13.4 Å². The molecule has 0 N–H and O–H groups in total. The molecule has 0 bridgehead atoms. The van der Waals surface area contributed by atoms with Gasteiger partial charge in [-0.15, -0.1) is 0 Å². The Morgan fingerprint density at radius 1 is 0.840 bits per heavy atom. The third kappa shape index (κ3) is 3.72. The first kappa shape index (κ1) is 17.2. The molecule has 0 aliphatic heterocycles. The summed E-state index contributed by atoms with van der Waals surface area (Å²) in [6.45, 7) is 4.26. The largest absolute Gasteiger partial charge is 0.379 e. The lowest BCUT2D eigenvalue weighted by atomic mass is 9.78. The van der Waals surface area contributed by atoms with Gasteiger partial charge in [0.1, 0.15) is 10.6 Å². The zero-order chi connectivity index (χ0) is 17.9. The fraction of sp³-hybridized carbons (Fsp3) is 0.150. The first-order valence-electron chi connectivity index (χ1n) is 7.90. The van der Waals surface area contributed by atoms with Gasteiger partial charge >= 0.3 is 10.1 Å². The highest BCUT2D eigenvalue weighted by molar-refractivity contribution is 7.87. The number of hydrogen-bond acceptors (Lipinski definition) is 4. The van der Waals surface area contributed by atoms with Gasteiger partial charge in [-0.1, -0.05) is 56.3 Å². The van der Waals surface area contributed by atoms with Crippen LogP contribution in [0.15, 0.2) is 84.0 Å². The highest BCUT2D eigenvalue weighted by atomic mass is 32.2. The number of pyridine rings is 1. The number of rotatable bonds is 5.